The third-order valence-corrected chi connectivity index (χ3v) is 5.19. The van der Waals surface area contributed by atoms with Gasteiger partial charge in [0.2, 0.25) is 17.7 Å². The average molecular weight is 487 g/mol. The van der Waals surface area contributed by atoms with Crippen LogP contribution in [-0.4, -0.2) is 69.8 Å². The molecule has 0 saturated heterocycles. The van der Waals surface area contributed by atoms with E-state index in [2.05, 4.69) is 16.0 Å². The first-order valence-electron chi connectivity index (χ1n) is 10.9. The normalized spacial score (nSPS) is 14.1. The number of aliphatic hydroxyl groups is 1. The van der Waals surface area contributed by atoms with Crippen molar-refractivity contribution in [1.29, 1.82) is 0 Å². The second-order valence-electron chi connectivity index (χ2n) is 8.04. The molecule has 11 heteroatoms. The van der Waals surface area contributed by atoms with Crippen LogP contribution in [0.2, 0.25) is 0 Å². The third kappa shape index (κ3) is 8.72. The van der Waals surface area contributed by atoms with Crippen molar-refractivity contribution in [3.05, 3.63) is 65.7 Å². The number of hydrogen-bond acceptors (Lipinski definition) is 7. The first kappa shape index (κ1) is 27.3. The number of aliphatic hydroxyl groups excluding tert-OH is 1. The molecule has 0 saturated carbocycles. The Balaban J connectivity index is 2.07. The standard InChI is InChI=1S/C24H30N4O7/c1-14(21(31)28-20(24(34)35)12-15-5-3-2-4-6-15)26-23(33)19(27-22(32)18(25)13-29)11-16-7-9-17(30)10-8-16/h2-10,14,18-20,29-30H,11-13,25H2,1H3,(H,26,33)(H,27,32)(H,28,31)(H,34,35). The largest absolute Gasteiger partial charge is 0.508 e. The average Bonchev–Trinajstić information content (AvgIpc) is 2.84. The lowest BCUT2D eigenvalue weighted by Gasteiger charge is -2.23. The molecule has 0 aliphatic carbocycles. The molecule has 0 fully saturated rings. The number of carboxylic acids is 1. The summed E-state index contributed by atoms with van der Waals surface area (Å²) in [5.74, 6) is -3.40. The van der Waals surface area contributed by atoms with Gasteiger partial charge in [-0.2, -0.15) is 0 Å². The van der Waals surface area contributed by atoms with Crippen molar-refractivity contribution in [3.63, 3.8) is 0 Å². The van der Waals surface area contributed by atoms with Gasteiger partial charge in [-0.1, -0.05) is 42.5 Å². The Hall–Kier alpha value is -3.96. The summed E-state index contributed by atoms with van der Waals surface area (Å²) in [6.45, 7) is 0.754. The highest BCUT2D eigenvalue weighted by molar-refractivity contribution is 5.94. The van der Waals surface area contributed by atoms with Crippen LogP contribution in [0.15, 0.2) is 54.6 Å². The fraction of sp³-hybridized carbons (Fsp3) is 0.333. The second-order valence-corrected chi connectivity index (χ2v) is 8.04. The van der Waals surface area contributed by atoms with E-state index in [9.17, 15) is 29.4 Å². The number of rotatable bonds is 12. The number of aromatic hydroxyl groups is 1. The van der Waals surface area contributed by atoms with Gasteiger partial charge in [0.05, 0.1) is 6.61 Å². The van der Waals surface area contributed by atoms with Crippen LogP contribution in [0.1, 0.15) is 18.1 Å². The lowest BCUT2D eigenvalue weighted by atomic mass is 10.0. The molecule has 188 valence electrons. The number of phenolic OH excluding ortho intramolecular Hbond substituents is 1. The van der Waals surface area contributed by atoms with Crippen molar-refractivity contribution >= 4 is 23.7 Å². The fourth-order valence-corrected chi connectivity index (χ4v) is 3.16. The van der Waals surface area contributed by atoms with E-state index in [-0.39, 0.29) is 18.6 Å². The molecule has 4 atom stereocenters. The van der Waals surface area contributed by atoms with Crippen molar-refractivity contribution in [2.75, 3.05) is 6.61 Å². The Morgan fingerprint density at radius 2 is 1.34 bits per heavy atom. The van der Waals surface area contributed by atoms with Gasteiger partial charge in [-0.05, 0) is 30.2 Å². The molecule has 3 amide bonds. The van der Waals surface area contributed by atoms with Crippen molar-refractivity contribution in [1.82, 2.24) is 16.0 Å². The predicted octanol–water partition coefficient (Wildman–Crippen LogP) is -0.944. The number of hydrogen-bond donors (Lipinski definition) is 7. The first-order valence-corrected chi connectivity index (χ1v) is 10.9. The highest BCUT2D eigenvalue weighted by atomic mass is 16.4. The maximum absolute atomic E-state index is 12.9. The maximum Gasteiger partial charge on any atom is 0.326 e. The van der Waals surface area contributed by atoms with Gasteiger partial charge in [0.15, 0.2) is 0 Å². The monoisotopic (exact) mass is 486 g/mol. The Labute approximate surface area is 202 Å². The minimum atomic E-state index is -1.25. The molecule has 8 N–H and O–H groups in total. The van der Waals surface area contributed by atoms with E-state index >= 15 is 0 Å². The molecular weight excluding hydrogens is 456 g/mol. The molecule has 0 bridgehead atoms. The SMILES string of the molecule is CC(NC(=O)C(Cc1ccc(O)cc1)NC(=O)C(N)CO)C(=O)NC(Cc1ccccc1)C(=O)O. The van der Waals surface area contributed by atoms with Gasteiger partial charge in [0.25, 0.3) is 0 Å². The third-order valence-electron chi connectivity index (χ3n) is 5.19. The Morgan fingerprint density at radius 3 is 1.91 bits per heavy atom. The van der Waals surface area contributed by atoms with Gasteiger partial charge < -0.3 is 37.0 Å². The molecule has 0 spiro atoms. The number of carbonyl (C=O) groups is 4. The van der Waals surface area contributed by atoms with Crippen LogP contribution in [0.3, 0.4) is 0 Å². The summed E-state index contributed by atoms with van der Waals surface area (Å²) in [7, 11) is 0. The van der Waals surface area contributed by atoms with Crippen LogP contribution < -0.4 is 21.7 Å². The number of phenols is 1. The lowest BCUT2D eigenvalue weighted by Crippen LogP contribution is -2.57. The van der Waals surface area contributed by atoms with E-state index in [1.807, 2.05) is 0 Å². The van der Waals surface area contributed by atoms with Crippen LogP contribution in [0.25, 0.3) is 0 Å². The summed E-state index contributed by atoms with van der Waals surface area (Å²) in [6.07, 6.45) is 0.0667. The smallest absolute Gasteiger partial charge is 0.326 e. The van der Waals surface area contributed by atoms with Gasteiger partial charge in [0, 0.05) is 12.8 Å². The van der Waals surface area contributed by atoms with Gasteiger partial charge in [0.1, 0.15) is 29.9 Å². The maximum atomic E-state index is 12.9. The van der Waals surface area contributed by atoms with Crippen LogP contribution >= 0.6 is 0 Å². The van der Waals surface area contributed by atoms with Crippen molar-refractivity contribution in [3.8, 4) is 5.75 Å². The summed E-state index contributed by atoms with van der Waals surface area (Å²) in [4.78, 5) is 49.4. The minimum Gasteiger partial charge on any atom is -0.508 e. The van der Waals surface area contributed by atoms with E-state index < -0.39 is 54.5 Å². The number of aliphatic carboxylic acids is 1. The lowest BCUT2D eigenvalue weighted by molar-refractivity contribution is -0.142. The number of carboxylic acid groups (broad SMARTS) is 1. The molecule has 11 nitrogen and oxygen atoms in total. The second kappa shape index (κ2) is 13.1. The van der Waals surface area contributed by atoms with Gasteiger partial charge in [-0.25, -0.2) is 4.79 Å². The van der Waals surface area contributed by atoms with E-state index in [1.165, 1.54) is 19.1 Å². The van der Waals surface area contributed by atoms with E-state index in [1.54, 1.807) is 42.5 Å². The first-order chi connectivity index (χ1) is 16.6. The Kier molecular flexibility index (Phi) is 10.2. The zero-order valence-corrected chi connectivity index (χ0v) is 19.2. The molecule has 4 unspecified atom stereocenters. The zero-order valence-electron chi connectivity index (χ0n) is 19.2. The molecule has 0 aliphatic rings. The van der Waals surface area contributed by atoms with Gasteiger partial charge in [-0.15, -0.1) is 0 Å². The van der Waals surface area contributed by atoms with E-state index in [0.29, 0.717) is 11.1 Å². The fourth-order valence-electron chi connectivity index (χ4n) is 3.16. The van der Waals surface area contributed by atoms with Crippen molar-refractivity contribution in [2.24, 2.45) is 5.73 Å². The Morgan fingerprint density at radius 1 is 0.800 bits per heavy atom. The van der Waals surface area contributed by atoms with E-state index in [4.69, 9.17) is 10.8 Å². The summed E-state index contributed by atoms with van der Waals surface area (Å²) in [5.41, 5.74) is 6.85. The molecule has 2 rings (SSSR count). The quantitative estimate of drug-likeness (QED) is 0.200. The molecule has 0 aromatic heterocycles. The number of nitrogens with two attached hydrogens (primary N) is 1. The van der Waals surface area contributed by atoms with Crippen LogP contribution in [0, 0.1) is 0 Å². The number of nitrogens with one attached hydrogen (secondary N) is 3. The summed E-state index contributed by atoms with van der Waals surface area (Å²) >= 11 is 0. The van der Waals surface area contributed by atoms with Crippen LogP contribution in [-0.2, 0) is 32.0 Å². The van der Waals surface area contributed by atoms with E-state index in [0.717, 1.165) is 0 Å². The van der Waals surface area contributed by atoms with Crippen LogP contribution in [0.4, 0.5) is 0 Å². The minimum absolute atomic E-state index is 0.0100. The van der Waals surface area contributed by atoms with Gasteiger partial charge >= 0.3 is 5.97 Å². The van der Waals surface area contributed by atoms with Gasteiger partial charge in [-0.3, -0.25) is 14.4 Å². The predicted molar refractivity (Wildman–Crippen MR) is 126 cm³/mol. The molecule has 2 aromatic rings. The molecule has 0 radical (unpaired) electrons. The highest BCUT2D eigenvalue weighted by Crippen LogP contribution is 2.12. The van der Waals surface area contributed by atoms with Crippen LogP contribution in [0.5, 0.6) is 5.75 Å². The molecular formula is C24H30N4O7. The zero-order chi connectivity index (χ0) is 26.0. The molecule has 35 heavy (non-hydrogen) atoms. The Bertz CT molecular complexity index is 1010. The number of carbonyl (C=O) groups excluding carboxylic acids is 3. The summed E-state index contributed by atoms with van der Waals surface area (Å²) < 4.78 is 0. The van der Waals surface area contributed by atoms with Crippen molar-refractivity contribution in [2.45, 2.75) is 43.9 Å². The summed E-state index contributed by atoms with van der Waals surface area (Å²) in [5, 5.41) is 35.4. The topological polar surface area (TPSA) is 191 Å². The highest BCUT2D eigenvalue weighted by Gasteiger charge is 2.28. The molecule has 2 aromatic carbocycles. The van der Waals surface area contributed by atoms with Crippen molar-refractivity contribution < 1.29 is 34.5 Å². The molecule has 0 aliphatic heterocycles. The number of benzene rings is 2. The summed E-state index contributed by atoms with van der Waals surface area (Å²) in [6, 6.07) is 9.99. The molecule has 0 heterocycles. The number of amides is 3.